The number of carbonyl (C=O) groups excluding carboxylic acids is 2. The number of hydrogen-bond acceptors (Lipinski definition) is 10. The Bertz CT molecular complexity index is 1460. The summed E-state index contributed by atoms with van der Waals surface area (Å²) < 4.78 is 17.2. The van der Waals surface area contributed by atoms with Crippen LogP contribution in [0.4, 0.5) is 5.82 Å². The number of nitrogens with zero attached hydrogens (tertiary/aromatic N) is 4. The molecule has 12 heteroatoms. The van der Waals surface area contributed by atoms with Crippen molar-refractivity contribution in [1.82, 2.24) is 20.4 Å². The number of rotatable bonds is 9. The number of amides is 2. The van der Waals surface area contributed by atoms with Gasteiger partial charge in [-0.25, -0.2) is 4.98 Å². The number of aliphatic hydroxyl groups is 1. The van der Waals surface area contributed by atoms with Crippen molar-refractivity contribution >= 4 is 29.0 Å². The molecule has 5 heterocycles. The molecule has 4 atom stereocenters. The third-order valence-corrected chi connectivity index (χ3v) is 10.3. The van der Waals surface area contributed by atoms with Crippen molar-refractivity contribution in [3.63, 3.8) is 0 Å². The molecule has 0 radical (unpaired) electrons. The summed E-state index contributed by atoms with van der Waals surface area (Å²) in [5.74, 6) is 0.270. The molecule has 11 nitrogen and oxygen atoms in total. The second-order valence-electron chi connectivity index (χ2n) is 12.8. The summed E-state index contributed by atoms with van der Waals surface area (Å²) >= 11 is 1.60. The van der Waals surface area contributed by atoms with Crippen LogP contribution in [0.15, 0.2) is 40.4 Å². The van der Waals surface area contributed by atoms with Crippen LogP contribution in [0.5, 0.6) is 0 Å². The van der Waals surface area contributed by atoms with E-state index in [0.717, 1.165) is 47.6 Å². The second-order valence-corrected chi connectivity index (χ2v) is 13.6. The fourth-order valence-corrected chi connectivity index (χ4v) is 7.55. The molecule has 2 unspecified atom stereocenters. The van der Waals surface area contributed by atoms with Gasteiger partial charge in [0.1, 0.15) is 12.0 Å². The van der Waals surface area contributed by atoms with Gasteiger partial charge in [0.2, 0.25) is 11.8 Å². The van der Waals surface area contributed by atoms with Crippen LogP contribution in [0.1, 0.15) is 69.0 Å². The average molecular weight is 638 g/mol. The molecule has 0 bridgehead atoms. The Hall–Kier alpha value is -3.32. The third kappa shape index (κ3) is 6.79. The molecule has 2 N–H and O–H groups in total. The molecule has 3 fully saturated rings. The molecule has 3 aliphatic rings. The van der Waals surface area contributed by atoms with Crippen LogP contribution in [0.2, 0.25) is 0 Å². The molecule has 3 saturated heterocycles. The highest BCUT2D eigenvalue weighted by molar-refractivity contribution is 7.13. The second kappa shape index (κ2) is 13.6. The highest BCUT2D eigenvalue weighted by Crippen LogP contribution is 2.35. The van der Waals surface area contributed by atoms with E-state index in [2.05, 4.69) is 20.4 Å². The molecule has 2 aromatic heterocycles. The number of aryl methyl sites for hydroxylation is 1. The monoisotopic (exact) mass is 637 g/mol. The number of hydrogen-bond donors (Lipinski definition) is 2. The lowest BCUT2D eigenvalue weighted by Crippen LogP contribution is -2.48. The van der Waals surface area contributed by atoms with E-state index in [-0.39, 0.29) is 43.0 Å². The van der Waals surface area contributed by atoms with Crippen molar-refractivity contribution in [2.24, 2.45) is 11.8 Å². The van der Waals surface area contributed by atoms with E-state index in [1.165, 1.54) is 4.90 Å². The number of piperidine rings is 1. The van der Waals surface area contributed by atoms with Gasteiger partial charge in [0.25, 0.3) is 0 Å². The molecule has 0 spiro atoms. The maximum Gasteiger partial charge on any atom is 0.243 e. The number of β-amino-alcohol motifs (C(OH)–C–C–N with tert-alkyl or cyclic N) is 1. The zero-order valence-electron chi connectivity index (χ0n) is 26.3. The lowest BCUT2D eigenvalue weighted by molar-refractivity contribution is -0.141. The maximum absolute atomic E-state index is 14.1. The minimum atomic E-state index is -0.783. The normalized spacial score (nSPS) is 22.7. The van der Waals surface area contributed by atoms with Gasteiger partial charge in [0, 0.05) is 38.0 Å². The number of ether oxygens (including phenoxy) is 2. The van der Waals surface area contributed by atoms with Crippen molar-refractivity contribution in [2.75, 3.05) is 37.7 Å². The Balaban J connectivity index is 1.10. The maximum atomic E-state index is 14.1. The third-order valence-electron chi connectivity index (χ3n) is 9.29. The summed E-state index contributed by atoms with van der Waals surface area (Å²) in [6.07, 6.45) is 1.14. The van der Waals surface area contributed by atoms with E-state index in [0.29, 0.717) is 30.7 Å². The molecule has 0 aliphatic carbocycles. The van der Waals surface area contributed by atoms with Gasteiger partial charge >= 0.3 is 0 Å². The zero-order valence-corrected chi connectivity index (χ0v) is 27.2. The van der Waals surface area contributed by atoms with E-state index in [1.54, 1.807) is 11.3 Å². The molecule has 2 amide bonds. The summed E-state index contributed by atoms with van der Waals surface area (Å²) in [5, 5.41) is 18.0. The van der Waals surface area contributed by atoms with Crippen molar-refractivity contribution in [2.45, 2.75) is 77.4 Å². The van der Waals surface area contributed by atoms with E-state index < -0.39 is 18.1 Å². The number of thiazole rings is 1. The fraction of sp³-hybridized carbons (Fsp3) is 0.576. The smallest absolute Gasteiger partial charge is 0.243 e. The molecular weight excluding hydrogens is 594 g/mol. The molecular formula is C33H43N5O6S. The number of likely N-dealkylation sites (tertiary alicyclic amines) is 1. The molecule has 0 saturated carbocycles. The van der Waals surface area contributed by atoms with Gasteiger partial charge in [-0.3, -0.25) is 9.59 Å². The van der Waals surface area contributed by atoms with Gasteiger partial charge in [-0.2, -0.15) is 0 Å². The van der Waals surface area contributed by atoms with E-state index in [9.17, 15) is 14.7 Å². The topological polar surface area (TPSA) is 130 Å². The number of anilines is 1. The van der Waals surface area contributed by atoms with Crippen LogP contribution in [0.25, 0.3) is 10.4 Å². The number of aliphatic hydroxyl groups excluding tert-OH is 1. The first-order valence-corrected chi connectivity index (χ1v) is 16.8. The summed E-state index contributed by atoms with van der Waals surface area (Å²) in [6.45, 7) is 10.8. The first-order chi connectivity index (χ1) is 21.7. The summed E-state index contributed by atoms with van der Waals surface area (Å²) in [7, 11) is 0. The van der Waals surface area contributed by atoms with Gasteiger partial charge in [-0.05, 0) is 43.7 Å². The fourth-order valence-electron chi connectivity index (χ4n) is 6.74. The molecule has 3 aromatic rings. The van der Waals surface area contributed by atoms with Gasteiger partial charge in [0.05, 0.1) is 41.4 Å². The first-order valence-electron chi connectivity index (χ1n) is 15.9. The Morgan fingerprint density at radius 1 is 1.09 bits per heavy atom. The molecule has 1 aromatic carbocycles. The lowest BCUT2D eigenvalue weighted by Gasteiger charge is -2.33. The number of nitrogens with one attached hydrogen (secondary N) is 1. The predicted molar refractivity (Wildman–Crippen MR) is 170 cm³/mol. The van der Waals surface area contributed by atoms with Crippen LogP contribution in [-0.2, 0) is 19.1 Å². The minimum Gasteiger partial charge on any atom is -0.391 e. The van der Waals surface area contributed by atoms with Crippen molar-refractivity contribution in [3.05, 3.63) is 52.9 Å². The van der Waals surface area contributed by atoms with E-state index >= 15 is 0 Å². The lowest BCUT2D eigenvalue weighted by atomic mass is 9.91. The Morgan fingerprint density at radius 2 is 1.80 bits per heavy atom. The Morgan fingerprint density at radius 3 is 2.44 bits per heavy atom. The standard InChI is InChI=1S/C33H43N5O6S/c1-19(2)29(27-16-28(36-44-27)37-11-9-24(10-12-37)33-42-13-14-43-33)32(41)38-17-25(39)15-26(38)31(40)35-20(3)22-5-7-23(8-6-22)30-21(4)34-18-45-30/h5-8,16,18-20,24-26,29,33,39H,9-15,17H2,1-4H3,(H,35,40)/t20?,25-,26+,29?/m1/s1. The Kier molecular flexibility index (Phi) is 9.55. The largest absolute Gasteiger partial charge is 0.391 e. The number of benzene rings is 1. The van der Waals surface area contributed by atoms with E-state index in [1.807, 2.05) is 63.5 Å². The molecule has 6 rings (SSSR count). The molecule has 45 heavy (non-hydrogen) atoms. The zero-order chi connectivity index (χ0) is 31.7. The number of aromatic nitrogens is 2. The van der Waals surface area contributed by atoms with Crippen LogP contribution in [-0.4, -0.2) is 83.2 Å². The van der Waals surface area contributed by atoms with Crippen LogP contribution >= 0.6 is 11.3 Å². The van der Waals surface area contributed by atoms with Crippen molar-refractivity contribution in [1.29, 1.82) is 0 Å². The summed E-state index contributed by atoms with van der Waals surface area (Å²) in [6, 6.07) is 8.86. The van der Waals surface area contributed by atoms with Crippen LogP contribution in [0, 0.1) is 18.8 Å². The number of carbonyl (C=O) groups is 2. The van der Waals surface area contributed by atoms with Gasteiger partial charge in [-0.15, -0.1) is 11.3 Å². The Labute approximate surface area is 267 Å². The summed E-state index contributed by atoms with van der Waals surface area (Å²) in [5.41, 5.74) is 4.86. The molecule has 242 valence electrons. The van der Waals surface area contributed by atoms with Gasteiger partial charge in [-0.1, -0.05) is 43.3 Å². The highest BCUT2D eigenvalue weighted by Gasteiger charge is 2.43. The minimum absolute atomic E-state index is 0.0945. The van der Waals surface area contributed by atoms with Gasteiger partial charge in [0.15, 0.2) is 17.9 Å². The highest BCUT2D eigenvalue weighted by atomic mass is 32.1. The SMILES string of the molecule is Cc1ncsc1-c1ccc(C(C)NC(=O)[C@@H]2C[C@@H](O)CN2C(=O)C(c2cc(N3CCC(C4OCCO4)CC3)no2)C(C)C)cc1. The predicted octanol–water partition coefficient (Wildman–Crippen LogP) is 4.27. The first kappa shape index (κ1) is 31.7. The summed E-state index contributed by atoms with van der Waals surface area (Å²) in [4.78, 5) is 36.8. The quantitative estimate of drug-likeness (QED) is 0.353. The molecule has 3 aliphatic heterocycles. The van der Waals surface area contributed by atoms with Crippen molar-refractivity contribution < 1.29 is 28.7 Å². The van der Waals surface area contributed by atoms with Crippen LogP contribution < -0.4 is 10.2 Å². The van der Waals surface area contributed by atoms with E-state index in [4.69, 9.17) is 14.0 Å². The van der Waals surface area contributed by atoms with Gasteiger partial charge < -0.3 is 34.2 Å². The van der Waals surface area contributed by atoms with Crippen molar-refractivity contribution in [3.8, 4) is 10.4 Å². The average Bonchev–Trinajstić information content (AvgIpc) is 3.85. The van der Waals surface area contributed by atoms with Crippen LogP contribution in [0.3, 0.4) is 0 Å².